The summed E-state index contributed by atoms with van der Waals surface area (Å²) >= 11 is 0. The molecule has 1 aromatic heterocycles. The van der Waals surface area contributed by atoms with E-state index in [1.54, 1.807) is 6.07 Å². The number of benzene rings is 1. The third-order valence-corrected chi connectivity index (χ3v) is 7.25. The van der Waals surface area contributed by atoms with E-state index in [-0.39, 0.29) is 16.8 Å². The second-order valence-corrected chi connectivity index (χ2v) is 9.54. The SMILES string of the molecule is O=C(O)c1cc(F)c(F)c(-c2ccc(NC3C[C@@H]4CN(CC5CCOCC5)C[C@@H]4C3)nn2)c1. The molecule has 1 aliphatic carbocycles. The molecule has 7 nitrogen and oxygen atoms in total. The largest absolute Gasteiger partial charge is 0.478 e. The van der Waals surface area contributed by atoms with Gasteiger partial charge in [0.15, 0.2) is 11.6 Å². The third-order valence-electron chi connectivity index (χ3n) is 7.25. The first-order valence-corrected chi connectivity index (χ1v) is 11.6. The molecule has 0 amide bonds. The zero-order valence-corrected chi connectivity index (χ0v) is 18.3. The zero-order valence-electron chi connectivity index (χ0n) is 18.3. The summed E-state index contributed by atoms with van der Waals surface area (Å²) in [6.45, 7) is 5.26. The molecule has 3 aliphatic rings. The lowest BCUT2D eigenvalue weighted by molar-refractivity contribution is 0.0545. The lowest BCUT2D eigenvalue weighted by Crippen LogP contribution is -2.32. The lowest BCUT2D eigenvalue weighted by atomic mass is 10.00. The minimum atomic E-state index is -1.33. The Hall–Kier alpha value is -2.65. The normalized spacial score (nSPS) is 25.8. The summed E-state index contributed by atoms with van der Waals surface area (Å²) in [5, 5.41) is 20.7. The van der Waals surface area contributed by atoms with Crippen molar-refractivity contribution in [2.75, 3.05) is 38.2 Å². The van der Waals surface area contributed by atoms with Gasteiger partial charge in [-0.3, -0.25) is 0 Å². The maximum atomic E-state index is 14.2. The van der Waals surface area contributed by atoms with Gasteiger partial charge in [0, 0.05) is 44.5 Å². The molecular formula is C24H28F2N4O3. The van der Waals surface area contributed by atoms with E-state index in [9.17, 15) is 13.6 Å². The van der Waals surface area contributed by atoms with Crippen molar-refractivity contribution < 1.29 is 23.4 Å². The van der Waals surface area contributed by atoms with Crippen LogP contribution in [0.1, 0.15) is 36.0 Å². The van der Waals surface area contributed by atoms with Crippen LogP contribution in [0.5, 0.6) is 0 Å². The number of carbonyl (C=O) groups is 1. The second-order valence-electron chi connectivity index (χ2n) is 9.54. The van der Waals surface area contributed by atoms with Crippen molar-refractivity contribution in [1.82, 2.24) is 15.1 Å². The highest BCUT2D eigenvalue weighted by Crippen LogP contribution is 2.39. The number of aromatic nitrogens is 2. The molecule has 0 spiro atoms. The highest BCUT2D eigenvalue weighted by Gasteiger charge is 2.41. The number of hydrogen-bond donors (Lipinski definition) is 2. The highest BCUT2D eigenvalue weighted by atomic mass is 19.2. The molecule has 0 radical (unpaired) electrons. The number of hydrogen-bond acceptors (Lipinski definition) is 6. The predicted octanol–water partition coefficient (Wildman–Crippen LogP) is 3.67. The Morgan fingerprint density at radius 3 is 2.48 bits per heavy atom. The monoisotopic (exact) mass is 458 g/mol. The molecule has 33 heavy (non-hydrogen) atoms. The van der Waals surface area contributed by atoms with Gasteiger partial charge in [-0.15, -0.1) is 10.2 Å². The van der Waals surface area contributed by atoms with Crippen molar-refractivity contribution in [3.05, 3.63) is 41.5 Å². The number of aromatic carboxylic acids is 1. The van der Waals surface area contributed by atoms with E-state index < -0.39 is 17.6 Å². The summed E-state index contributed by atoms with van der Waals surface area (Å²) in [5.74, 6) is -0.982. The minimum absolute atomic E-state index is 0.0899. The Kier molecular flexibility index (Phi) is 6.25. The Labute approximate surface area is 191 Å². The van der Waals surface area contributed by atoms with Gasteiger partial charge in [-0.05, 0) is 67.7 Å². The van der Waals surface area contributed by atoms with Crippen LogP contribution in [0, 0.1) is 29.4 Å². The first kappa shape index (κ1) is 22.2. The number of likely N-dealkylation sites (tertiary alicyclic amines) is 1. The summed E-state index contributed by atoms with van der Waals surface area (Å²) in [6.07, 6.45) is 4.50. The van der Waals surface area contributed by atoms with E-state index in [4.69, 9.17) is 9.84 Å². The maximum absolute atomic E-state index is 14.2. The summed E-state index contributed by atoms with van der Waals surface area (Å²) in [5.41, 5.74) is -0.463. The summed E-state index contributed by atoms with van der Waals surface area (Å²) in [6, 6.07) is 5.26. The molecule has 2 saturated heterocycles. The van der Waals surface area contributed by atoms with Gasteiger partial charge >= 0.3 is 5.97 Å². The average Bonchev–Trinajstić information content (AvgIpc) is 3.34. The number of nitrogens with one attached hydrogen (secondary N) is 1. The van der Waals surface area contributed by atoms with Crippen molar-refractivity contribution in [2.45, 2.75) is 31.7 Å². The molecular weight excluding hydrogens is 430 g/mol. The molecule has 2 N–H and O–H groups in total. The molecule has 1 saturated carbocycles. The Morgan fingerprint density at radius 2 is 1.85 bits per heavy atom. The quantitative estimate of drug-likeness (QED) is 0.683. The van der Waals surface area contributed by atoms with Gasteiger partial charge in [0.1, 0.15) is 5.82 Å². The van der Waals surface area contributed by atoms with Crippen molar-refractivity contribution in [1.29, 1.82) is 0 Å². The number of carboxylic acid groups (broad SMARTS) is 1. The van der Waals surface area contributed by atoms with Crippen LogP contribution in [0.4, 0.5) is 14.6 Å². The smallest absolute Gasteiger partial charge is 0.335 e. The Balaban J connectivity index is 1.18. The number of nitrogens with zero attached hydrogens (tertiary/aromatic N) is 3. The van der Waals surface area contributed by atoms with E-state index >= 15 is 0 Å². The number of carboxylic acids is 1. The van der Waals surface area contributed by atoms with Gasteiger partial charge < -0.3 is 20.1 Å². The molecule has 3 heterocycles. The zero-order chi connectivity index (χ0) is 22.9. The van der Waals surface area contributed by atoms with Crippen molar-refractivity contribution in [2.24, 2.45) is 17.8 Å². The molecule has 0 bridgehead atoms. The molecule has 9 heteroatoms. The van der Waals surface area contributed by atoms with E-state index in [1.165, 1.54) is 25.5 Å². The molecule has 5 rings (SSSR count). The minimum Gasteiger partial charge on any atom is -0.478 e. The maximum Gasteiger partial charge on any atom is 0.335 e. The summed E-state index contributed by atoms with van der Waals surface area (Å²) in [7, 11) is 0. The number of rotatable bonds is 6. The lowest BCUT2D eigenvalue weighted by Gasteiger charge is -2.27. The van der Waals surface area contributed by atoms with Crippen molar-refractivity contribution in [3.63, 3.8) is 0 Å². The van der Waals surface area contributed by atoms with Crippen LogP contribution in [0.15, 0.2) is 24.3 Å². The van der Waals surface area contributed by atoms with E-state index in [0.717, 1.165) is 51.1 Å². The first-order chi connectivity index (χ1) is 16.0. The Morgan fingerprint density at radius 1 is 1.12 bits per heavy atom. The van der Waals surface area contributed by atoms with Crippen molar-refractivity contribution in [3.8, 4) is 11.3 Å². The van der Waals surface area contributed by atoms with Gasteiger partial charge in [-0.1, -0.05) is 0 Å². The molecule has 3 fully saturated rings. The number of halogens is 2. The van der Waals surface area contributed by atoms with Crippen LogP contribution >= 0.6 is 0 Å². The second kappa shape index (κ2) is 9.30. The van der Waals surface area contributed by atoms with Crippen LogP contribution in [0.25, 0.3) is 11.3 Å². The van der Waals surface area contributed by atoms with E-state index in [2.05, 4.69) is 20.4 Å². The molecule has 2 aromatic rings. The van der Waals surface area contributed by atoms with Gasteiger partial charge in [0.05, 0.1) is 11.3 Å². The van der Waals surface area contributed by atoms with Gasteiger partial charge in [0.25, 0.3) is 0 Å². The fourth-order valence-electron chi connectivity index (χ4n) is 5.62. The number of anilines is 1. The highest BCUT2D eigenvalue weighted by molar-refractivity contribution is 5.89. The van der Waals surface area contributed by atoms with Crippen molar-refractivity contribution >= 4 is 11.8 Å². The Bertz CT molecular complexity index is 1000. The van der Waals surface area contributed by atoms with Gasteiger partial charge in [-0.2, -0.15) is 0 Å². The first-order valence-electron chi connectivity index (χ1n) is 11.6. The average molecular weight is 459 g/mol. The topological polar surface area (TPSA) is 87.6 Å². The predicted molar refractivity (Wildman–Crippen MR) is 118 cm³/mol. The number of ether oxygens (including phenoxy) is 1. The molecule has 176 valence electrons. The van der Waals surface area contributed by atoms with Crippen LogP contribution in [0.2, 0.25) is 0 Å². The van der Waals surface area contributed by atoms with Crippen LogP contribution in [-0.4, -0.2) is 65.1 Å². The third kappa shape index (κ3) is 4.84. The van der Waals surface area contributed by atoms with Crippen LogP contribution < -0.4 is 5.32 Å². The van der Waals surface area contributed by atoms with Crippen LogP contribution in [0.3, 0.4) is 0 Å². The molecule has 2 aliphatic heterocycles. The molecule has 1 unspecified atom stereocenters. The van der Waals surface area contributed by atoms with Gasteiger partial charge in [-0.25, -0.2) is 13.6 Å². The fourth-order valence-corrected chi connectivity index (χ4v) is 5.62. The molecule has 1 aromatic carbocycles. The summed E-state index contributed by atoms with van der Waals surface area (Å²) < 4.78 is 33.5. The fraction of sp³-hybridized carbons (Fsp3) is 0.542. The summed E-state index contributed by atoms with van der Waals surface area (Å²) in [4.78, 5) is 13.8. The van der Waals surface area contributed by atoms with Crippen LogP contribution in [-0.2, 0) is 4.74 Å². The van der Waals surface area contributed by atoms with E-state index in [1.807, 2.05) is 0 Å². The van der Waals surface area contributed by atoms with Gasteiger partial charge in [0.2, 0.25) is 0 Å². The molecule has 3 atom stereocenters. The van der Waals surface area contributed by atoms with E-state index in [0.29, 0.717) is 29.8 Å². The standard InChI is InChI=1S/C24H28F2N4O3/c25-20-10-15(24(31)32)9-19(23(20)26)21-1-2-22(29-28-21)27-18-7-16-12-30(13-17(16)8-18)11-14-3-5-33-6-4-14/h1-2,9-10,14,16-18H,3-8,11-13H2,(H,27,29)(H,31,32)/t16-,17+,18?. The number of fused-ring (bicyclic) bond motifs is 1.